The summed E-state index contributed by atoms with van der Waals surface area (Å²) in [6, 6.07) is 17.2. The van der Waals surface area contributed by atoms with Gasteiger partial charge < -0.3 is 4.98 Å². The van der Waals surface area contributed by atoms with Crippen molar-refractivity contribution in [2.75, 3.05) is 13.1 Å². The van der Waals surface area contributed by atoms with Gasteiger partial charge >= 0.3 is 0 Å². The molecule has 4 aromatic rings. The molecule has 0 amide bonds. The first-order chi connectivity index (χ1) is 12.4. The van der Waals surface area contributed by atoms with E-state index in [0.29, 0.717) is 0 Å². The van der Waals surface area contributed by atoms with Gasteiger partial charge in [0.15, 0.2) is 0 Å². The number of fused-ring (bicyclic) bond motifs is 2. The fourth-order valence-electron chi connectivity index (χ4n) is 3.52. The van der Waals surface area contributed by atoms with Crippen LogP contribution in [0.4, 0.5) is 0 Å². The summed E-state index contributed by atoms with van der Waals surface area (Å²) in [4.78, 5) is 12.1. The lowest BCUT2D eigenvalue weighted by Crippen LogP contribution is -2.27. The van der Waals surface area contributed by atoms with Gasteiger partial charge in [0.05, 0.1) is 17.6 Å². The van der Waals surface area contributed by atoms with E-state index < -0.39 is 0 Å². The van der Waals surface area contributed by atoms with E-state index in [0.717, 1.165) is 42.9 Å². The third kappa shape index (κ3) is 2.77. The van der Waals surface area contributed by atoms with Gasteiger partial charge in [-0.3, -0.25) is 4.90 Å². The molecule has 2 aromatic carbocycles. The molecule has 0 saturated heterocycles. The van der Waals surface area contributed by atoms with E-state index in [2.05, 4.69) is 70.6 Å². The van der Waals surface area contributed by atoms with Crippen LogP contribution in [-0.4, -0.2) is 28.0 Å². The highest BCUT2D eigenvalue weighted by atomic mass is 32.1. The zero-order valence-corrected chi connectivity index (χ0v) is 14.7. The van der Waals surface area contributed by atoms with E-state index in [1.165, 1.54) is 20.5 Å². The average Bonchev–Trinajstić information content (AvgIpc) is 3.25. The van der Waals surface area contributed by atoms with Crippen molar-refractivity contribution in [1.82, 2.24) is 14.9 Å². The number of nitrogens with one attached hydrogen (secondary N) is 1. The van der Waals surface area contributed by atoms with Gasteiger partial charge in [-0.2, -0.15) is 0 Å². The minimum atomic E-state index is 0.880. The van der Waals surface area contributed by atoms with Gasteiger partial charge in [-0.05, 0) is 30.0 Å². The van der Waals surface area contributed by atoms with Crippen molar-refractivity contribution in [2.45, 2.75) is 13.0 Å². The van der Waals surface area contributed by atoms with Gasteiger partial charge in [-0.25, -0.2) is 4.98 Å². The van der Waals surface area contributed by atoms with Crippen molar-refractivity contribution in [3.05, 3.63) is 66.5 Å². The number of nitrogens with zero attached hydrogens (tertiary/aromatic N) is 2. The Balaban J connectivity index is 1.55. The van der Waals surface area contributed by atoms with Gasteiger partial charge in [0, 0.05) is 28.2 Å². The van der Waals surface area contributed by atoms with E-state index in [4.69, 9.17) is 4.98 Å². The van der Waals surface area contributed by atoms with E-state index >= 15 is 0 Å². The zero-order chi connectivity index (χ0) is 16.6. The summed E-state index contributed by atoms with van der Waals surface area (Å²) in [5, 5.41) is 1.30. The number of aromatic amines is 1. The standard InChI is InChI=1S/C21H19N3S/c1-4-11-24(12-5-1)14-20-22-17-9-6-8-16(21(17)23-20)19-13-15-7-2-3-10-18(15)25-19/h1-4,6-10,13H,5,11-12,14H2,(H,22,23). The van der Waals surface area contributed by atoms with Gasteiger partial charge in [0.2, 0.25) is 0 Å². The Morgan fingerprint density at radius 1 is 1.08 bits per heavy atom. The second-order valence-electron chi connectivity index (χ2n) is 6.53. The third-order valence-corrected chi connectivity index (χ3v) is 5.92. The lowest BCUT2D eigenvalue weighted by atomic mass is 10.1. The molecule has 0 radical (unpaired) electrons. The van der Waals surface area contributed by atoms with Crippen molar-refractivity contribution < 1.29 is 0 Å². The molecule has 0 aliphatic carbocycles. The number of hydrogen-bond donors (Lipinski definition) is 1. The number of H-pyrrole nitrogens is 1. The lowest BCUT2D eigenvalue weighted by Gasteiger charge is -2.21. The molecule has 0 bridgehead atoms. The summed E-state index contributed by atoms with van der Waals surface area (Å²) in [6.07, 6.45) is 5.64. The molecule has 1 aliphatic rings. The van der Waals surface area contributed by atoms with E-state index in [1.807, 2.05) is 11.3 Å². The molecule has 0 saturated carbocycles. The van der Waals surface area contributed by atoms with Crippen molar-refractivity contribution in [3.63, 3.8) is 0 Å². The molecule has 0 spiro atoms. The van der Waals surface area contributed by atoms with Crippen LogP contribution >= 0.6 is 11.3 Å². The van der Waals surface area contributed by atoms with Crippen molar-refractivity contribution in [1.29, 1.82) is 0 Å². The molecule has 0 fully saturated rings. The molecule has 0 unspecified atom stereocenters. The summed E-state index contributed by atoms with van der Waals surface area (Å²) in [6.45, 7) is 3.00. The van der Waals surface area contributed by atoms with Crippen LogP contribution in [0.15, 0.2) is 60.7 Å². The summed E-state index contributed by atoms with van der Waals surface area (Å²) in [5.41, 5.74) is 3.45. The van der Waals surface area contributed by atoms with E-state index in [9.17, 15) is 0 Å². The topological polar surface area (TPSA) is 31.9 Å². The number of imidazole rings is 1. The summed E-state index contributed by atoms with van der Waals surface area (Å²) in [7, 11) is 0. The zero-order valence-electron chi connectivity index (χ0n) is 13.9. The third-order valence-electron chi connectivity index (χ3n) is 4.77. The molecule has 1 N–H and O–H groups in total. The molecule has 1 aliphatic heterocycles. The fraction of sp³-hybridized carbons (Fsp3) is 0.190. The van der Waals surface area contributed by atoms with Gasteiger partial charge in [0.1, 0.15) is 5.82 Å². The van der Waals surface area contributed by atoms with Crippen molar-refractivity contribution in [3.8, 4) is 10.4 Å². The highest BCUT2D eigenvalue weighted by Gasteiger charge is 2.13. The van der Waals surface area contributed by atoms with Gasteiger partial charge in [-0.15, -0.1) is 11.3 Å². The SMILES string of the molecule is C1=CCN(Cc2nc3cccc(-c4cc5ccccc5s4)c3[nH]2)CC1. The minimum Gasteiger partial charge on any atom is -0.340 e. The number of hydrogen-bond acceptors (Lipinski definition) is 3. The Morgan fingerprint density at radius 3 is 2.92 bits per heavy atom. The van der Waals surface area contributed by atoms with Crippen LogP contribution in [0.1, 0.15) is 12.2 Å². The predicted octanol–water partition coefficient (Wildman–Crippen LogP) is 5.21. The van der Waals surface area contributed by atoms with Crippen LogP contribution < -0.4 is 0 Å². The number of rotatable bonds is 3. The first kappa shape index (κ1) is 14.9. The van der Waals surface area contributed by atoms with Crippen LogP contribution in [0.25, 0.3) is 31.6 Å². The average molecular weight is 345 g/mol. The molecule has 3 nitrogen and oxygen atoms in total. The molecular weight excluding hydrogens is 326 g/mol. The molecule has 5 rings (SSSR count). The lowest BCUT2D eigenvalue weighted by molar-refractivity contribution is 0.284. The summed E-state index contributed by atoms with van der Waals surface area (Å²) >= 11 is 1.84. The molecular formula is C21H19N3S. The van der Waals surface area contributed by atoms with Gasteiger partial charge in [-0.1, -0.05) is 42.5 Å². The van der Waals surface area contributed by atoms with Crippen molar-refractivity contribution in [2.24, 2.45) is 0 Å². The van der Waals surface area contributed by atoms with Crippen LogP contribution in [0.2, 0.25) is 0 Å². The van der Waals surface area contributed by atoms with Crippen LogP contribution in [0.3, 0.4) is 0 Å². The molecule has 0 atom stereocenters. The second-order valence-corrected chi connectivity index (χ2v) is 7.61. The fourth-order valence-corrected chi connectivity index (χ4v) is 4.62. The molecule has 3 heterocycles. The maximum Gasteiger partial charge on any atom is 0.121 e. The van der Waals surface area contributed by atoms with E-state index in [1.54, 1.807) is 0 Å². The normalized spacial score (nSPS) is 15.4. The Hall–Kier alpha value is -2.43. The largest absolute Gasteiger partial charge is 0.340 e. The Bertz CT molecular complexity index is 1040. The number of para-hydroxylation sites is 1. The van der Waals surface area contributed by atoms with E-state index in [-0.39, 0.29) is 0 Å². The quantitative estimate of drug-likeness (QED) is 0.517. The highest BCUT2D eigenvalue weighted by Crippen LogP contribution is 2.36. The van der Waals surface area contributed by atoms with Gasteiger partial charge in [0.25, 0.3) is 0 Å². The van der Waals surface area contributed by atoms with Crippen LogP contribution in [0, 0.1) is 0 Å². The molecule has 25 heavy (non-hydrogen) atoms. The summed E-state index contributed by atoms with van der Waals surface area (Å²) in [5.74, 6) is 1.05. The maximum absolute atomic E-state index is 4.83. The Kier molecular flexibility index (Phi) is 3.65. The molecule has 4 heteroatoms. The maximum atomic E-state index is 4.83. The summed E-state index contributed by atoms with van der Waals surface area (Å²) < 4.78 is 1.33. The van der Waals surface area contributed by atoms with Crippen molar-refractivity contribution >= 4 is 32.5 Å². The monoisotopic (exact) mass is 345 g/mol. The number of benzene rings is 2. The smallest absolute Gasteiger partial charge is 0.121 e. The highest BCUT2D eigenvalue weighted by molar-refractivity contribution is 7.22. The Labute approximate surface area is 150 Å². The molecule has 124 valence electrons. The number of thiophene rings is 1. The number of aromatic nitrogens is 2. The minimum absolute atomic E-state index is 0.880. The second kappa shape index (κ2) is 6.14. The van der Waals surface area contributed by atoms with Crippen LogP contribution in [-0.2, 0) is 6.54 Å². The molecule has 2 aromatic heterocycles. The predicted molar refractivity (Wildman–Crippen MR) is 106 cm³/mol. The van der Waals surface area contributed by atoms with Crippen LogP contribution in [0.5, 0.6) is 0 Å². The Morgan fingerprint density at radius 2 is 2.04 bits per heavy atom. The first-order valence-electron chi connectivity index (χ1n) is 8.71. The first-order valence-corrected chi connectivity index (χ1v) is 9.52.